The number of rotatable bonds is 4. The minimum atomic E-state index is -0.371. The van der Waals surface area contributed by atoms with Crippen molar-refractivity contribution in [3.05, 3.63) is 35.4 Å². The largest absolute Gasteiger partial charge is 0.197 e. The van der Waals surface area contributed by atoms with E-state index in [2.05, 4.69) is 25.1 Å². The Kier molecular flexibility index (Phi) is 4.86. The van der Waals surface area contributed by atoms with Crippen molar-refractivity contribution < 1.29 is 0 Å². The summed E-state index contributed by atoms with van der Waals surface area (Å²) in [5, 5.41) is 8.11. The van der Waals surface area contributed by atoms with Crippen molar-refractivity contribution in [1.82, 2.24) is 0 Å². The first-order valence-corrected chi connectivity index (χ1v) is 5.98. The van der Waals surface area contributed by atoms with Gasteiger partial charge in [0.2, 0.25) is 0 Å². The van der Waals surface area contributed by atoms with E-state index in [1.165, 1.54) is 11.1 Å². The zero-order valence-electron chi connectivity index (χ0n) is 8.03. The molecule has 0 N–H and O–H groups in total. The van der Waals surface area contributed by atoms with E-state index in [1.54, 1.807) is 11.8 Å². The van der Waals surface area contributed by atoms with Crippen LogP contribution < -0.4 is 0 Å². The maximum absolute atomic E-state index is 8.48. The Labute approximate surface area is 94.1 Å². The highest BCUT2D eigenvalue weighted by atomic mass is 35.5. The zero-order chi connectivity index (χ0) is 10.4. The molecule has 3 heteroatoms. The molecule has 1 aromatic rings. The highest BCUT2D eigenvalue weighted by Gasteiger charge is 2.01. The normalized spacial score (nSPS) is 12.1. The SMILES string of the molecule is Cc1cccc(CSCC(Cl)C#N)c1. The van der Waals surface area contributed by atoms with Gasteiger partial charge >= 0.3 is 0 Å². The third kappa shape index (κ3) is 4.04. The van der Waals surface area contributed by atoms with Crippen LogP contribution in [0.2, 0.25) is 0 Å². The third-order valence-electron chi connectivity index (χ3n) is 1.76. The Morgan fingerprint density at radius 2 is 2.36 bits per heavy atom. The second-order valence-electron chi connectivity index (χ2n) is 3.10. The molecule has 0 radical (unpaired) electrons. The van der Waals surface area contributed by atoms with Gasteiger partial charge in [0.05, 0.1) is 6.07 Å². The Bertz CT molecular complexity index is 332. The zero-order valence-corrected chi connectivity index (χ0v) is 9.61. The predicted molar refractivity (Wildman–Crippen MR) is 62.6 cm³/mol. The van der Waals surface area contributed by atoms with E-state index in [0.29, 0.717) is 5.75 Å². The van der Waals surface area contributed by atoms with Gasteiger partial charge in [0.1, 0.15) is 5.38 Å². The van der Waals surface area contributed by atoms with Crippen molar-refractivity contribution >= 4 is 23.4 Å². The van der Waals surface area contributed by atoms with Crippen LogP contribution in [0.5, 0.6) is 0 Å². The van der Waals surface area contributed by atoms with E-state index in [9.17, 15) is 0 Å². The lowest BCUT2D eigenvalue weighted by molar-refractivity contribution is 1.24. The average molecular weight is 226 g/mol. The maximum atomic E-state index is 8.48. The molecule has 1 nitrogen and oxygen atoms in total. The van der Waals surface area contributed by atoms with Gasteiger partial charge in [-0.15, -0.1) is 11.6 Å². The number of halogens is 1. The van der Waals surface area contributed by atoms with Crippen molar-refractivity contribution in [2.24, 2.45) is 0 Å². The summed E-state index contributed by atoms with van der Waals surface area (Å²) < 4.78 is 0. The molecule has 0 spiro atoms. The number of alkyl halides is 1. The van der Waals surface area contributed by atoms with Crippen LogP contribution in [0.15, 0.2) is 24.3 Å². The summed E-state index contributed by atoms with van der Waals surface area (Å²) in [6.45, 7) is 2.08. The molecule has 1 rings (SSSR count). The number of hydrogen-bond donors (Lipinski definition) is 0. The monoisotopic (exact) mass is 225 g/mol. The first kappa shape index (κ1) is 11.4. The molecule has 0 aliphatic heterocycles. The summed E-state index contributed by atoms with van der Waals surface area (Å²) in [5.74, 6) is 1.61. The number of hydrogen-bond acceptors (Lipinski definition) is 2. The summed E-state index contributed by atoms with van der Waals surface area (Å²) in [6.07, 6.45) is 0. The minimum absolute atomic E-state index is 0.371. The Hall–Kier alpha value is -0.650. The van der Waals surface area contributed by atoms with E-state index >= 15 is 0 Å². The van der Waals surface area contributed by atoms with Crippen LogP contribution in [0.1, 0.15) is 11.1 Å². The van der Waals surface area contributed by atoms with Crippen LogP contribution in [0.4, 0.5) is 0 Å². The van der Waals surface area contributed by atoms with Gasteiger partial charge in [-0.3, -0.25) is 0 Å². The molecule has 1 atom stereocenters. The van der Waals surface area contributed by atoms with E-state index in [4.69, 9.17) is 16.9 Å². The van der Waals surface area contributed by atoms with Crippen molar-refractivity contribution in [3.8, 4) is 6.07 Å². The Morgan fingerprint density at radius 1 is 1.57 bits per heavy atom. The standard InChI is InChI=1S/C11H12ClNS/c1-9-3-2-4-10(5-9)7-14-8-11(12)6-13/h2-5,11H,7-8H2,1H3. The van der Waals surface area contributed by atoms with Gasteiger partial charge < -0.3 is 0 Å². The van der Waals surface area contributed by atoms with Gasteiger partial charge in [-0.25, -0.2) is 0 Å². The summed E-state index contributed by atoms with van der Waals surface area (Å²) in [4.78, 5) is 0. The van der Waals surface area contributed by atoms with Gasteiger partial charge in [-0.2, -0.15) is 17.0 Å². The van der Waals surface area contributed by atoms with E-state index in [0.717, 1.165) is 5.75 Å². The Morgan fingerprint density at radius 3 is 3.00 bits per heavy atom. The maximum Gasteiger partial charge on any atom is 0.129 e. The first-order valence-electron chi connectivity index (χ1n) is 4.39. The van der Waals surface area contributed by atoms with Crippen molar-refractivity contribution in [1.29, 1.82) is 5.26 Å². The van der Waals surface area contributed by atoms with E-state index in [-0.39, 0.29) is 5.38 Å². The molecule has 0 aliphatic rings. The number of nitrogens with zero attached hydrogens (tertiary/aromatic N) is 1. The molecule has 0 heterocycles. The van der Waals surface area contributed by atoms with E-state index < -0.39 is 0 Å². The lowest BCUT2D eigenvalue weighted by Gasteiger charge is -2.02. The van der Waals surface area contributed by atoms with Gasteiger partial charge in [0, 0.05) is 11.5 Å². The predicted octanol–water partition coefficient (Wildman–Crippen LogP) is 3.36. The number of aryl methyl sites for hydroxylation is 1. The van der Waals surface area contributed by atoms with Crippen LogP contribution in [0.25, 0.3) is 0 Å². The van der Waals surface area contributed by atoms with Crippen molar-refractivity contribution in [3.63, 3.8) is 0 Å². The van der Waals surface area contributed by atoms with Gasteiger partial charge in [-0.1, -0.05) is 29.8 Å². The summed E-state index contributed by atoms with van der Waals surface area (Å²) in [5.41, 5.74) is 2.56. The molecular formula is C11H12ClNS. The number of nitriles is 1. The molecule has 0 aromatic heterocycles. The molecule has 1 unspecified atom stereocenters. The molecular weight excluding hydrogens is 214 g/mol. The van der Waals surface area contributed by atoms with Crippen LogP contribution in [0, 0.1) is 18.3 Å². The molecule has 0 saturated heterocycles. The smallest absolute Gasteiger partial charge is 0.129 e. The fourth-order valence-electron chi connectivity index (χ4n) is 1.12. The highest BCUT2D eigenvalue weighted by molar-refractivity contribution is 7.98. The fraction of sp³-hybridized carbons (Fsp3) is 0.364. The second kappa shape index (κ2) is 5.95. The highest BCUT2D eigenvalue weighted by Crippen LogP contribution is 2.15. The van der Waals surface area contributed by atoms with Crippen molar-refractivity contribution in [2.45, 2.75) is 18.1 Å². The lowest BCUT2D eigenvalue weighted by Crippen LogP contribution is -1.97. The fourth-order valence-corrected chi connectivity index (χ4v) is 2.20. The topological polar surface area (TPSA) is 23.8 Å². The molecule has 1 aromatic carbocycles. The number of thioether (sulfide) groups is 1. The Balaban J connectivity index is 2.36. The molecule has 74 valence electrons. The first-order chi connectivity index (χ1) is 6.72. The summed E-state index contributed by atoms with van der Waals surface area (Å²) in [7, 11) is 0. The van der Waals surface area contributed by atoms with Gasteiger partial charge in [0.25, 0.3) is 0 Å². The third-order valence-corrected chi connectivity index (χ3v) is 3.30. The van der Waals surface area contributed by atoms with Crippen LogP contribution in [-0.2, 0) is 5.75 Å². The molecule has 0 aliphatic carbocycles. The molecule has 0 saturated carbocycles. The van der Waals surface area contributed by atoms with Gasteiger partial charge in [-0.05, 0) is 12.5 Å². The van der Waals surface area contributed by atoms with E-state index in [1.807, 2.05) is 12.1 Å². The van der Waals surface area contributed by atoms with Crippen LogP contribution in [-0.4, -0.2) is 11.1 Å². The summed E-state index contributed by atoms with van der Waals surface area (Å²) in [6, 6.07) is 10.4. The molecule has 0 fully saturated rings. The van der Waals surface area contributed by atoms with Crippen LogP contribution >= 0.6 is 23.4 Å². The minimum Gasteiger partial charge on any atom is -0.197 e. The summed E-state index contributed by atoms with van der Waals surface area (Å²) >= 11 is 7.37. The molecule has 0 bridgehead atoms. The molecule has 14 heavy (non-hydrogen) atoms. The lowest BCUT2D eigenvalue weighted by atomic mass is 10.2. The quantitative estimate of drug-likeness (QED) is 0.734. The van der Waals surface area contributed by atoms with Gasteiger partial charge in [0.15, 0.2) is 0 Å². The average Bonchev–Trinajstić information content (AvgIpc) is 2.17. The second-order valence-corrected chi connectivity index (χ2v) is 4.66. The molecule has 0 amide bonds. The van der Waals surface area contributed by atoms with Crippen LogP contribution in [0.3, 0.4) is 0 Å². The van der Waals surface area contributed by atoms with Crippen molar-refractivity contribution in [2.75, 3.05) is 5.75 Å². The number of benzene rings is 1.